The summed E-state index contributed by atoms with van der Waals surface area (Å²) in [7, 11) is 0. The molecule has 0 bridgehead atoms. The van der Waals surface area contributed by atoms with Gasteiger partial charge in [0.2, 0.25) is 11.2 Å². The van der Waals surface area contributed by atoms with Crippen LogP contribution < -0.4 is 10.1 Å². The summed E-state index contributed by atoms with van der Waals surface area (Å²) in [5.41, 5.74) is -0.131. The molecule has 0 fully saturated rings. The van der Waals surface area contributed by atoms with Crippen molar-refractivity contribution in [1.29, 1.82) is 0 Å². The Hall–Kier alpha value is -1.54. The zero-order valence-corrected chi connectivity index (χ0v) is 13.3. The topological polar surface area (TPSA) is 59.9 Å². The summed E-state index contributed by atoms with van der Waals surface area (Å²) >= 11 is 8.63. The summed E-state index contributed by atoms with van der Waals surface area (Å²) < 4.78 is 32.5. The molecule has 112 valence electrons. The first-order chi connectivity index (χ1) is 9.85. The van der Waals surface area contributed by atoms with Gasteiger partial charge in [0, 0.05) is 6.07 Å². The fraction of sp³-hybridized carbons (Fsp3) is 0.250. The predicted molar refractivity (Wildman–Crippen MR) is 77.9 cm³/mol. The summed E-state index contributed by atoms with van der Waals surface area (Å²) in [4.78, 5) is 11.5. The lowest BCUT2D eigenvalue weighted by atomic mass is 10.3. The van der Waals surface area contributed by atoms with Crippen LogP contribution in [0.25, 0.3) is 0 Å². The highest BCUT2D eigenvalue weighted by molar-refractivity contribution is 9.10. The number of anilines is 2. The standard InChI is InChI=1S/C12H10BrClF2N4O/c1-5(2)21-12-19-10(14)18-11(20-12)17-9-4-7(15)6(13)3-8(9)16/h3-5H,1-2H3,(H,17,18,19,20). The smallest absolute Gasteiger partial charge is 0.322 e. The summed E-state index contributed by atoms with van der Waals surface area (Å²) in [6.07, 6.45) is -0.168. The van der Waals surface area contributed by atoms with Crippen molar-refractivity contribution in [2.24, 2.45) is 0 Å². The Kier molecular flexibility index (Phi) is 4.89. The Morgan fingerprint density at radius 3 is 2.57 bits per heavy atom. The van der Waals surface area contributed by atoms with E-state index in [9.17, 15) is 8.78 Å². The van der Waals surface area contributed by atoms with Gasteiger partial charge in [0.05, 0.1) is 16.3 Å². The van der Waals surface area contributed by atoms with Crippen LogP contribution in [0.2, 0.25) is 5.28 Å². The predicted octanol–water partition coefficient (Wildman–Crippen LogP) is 4.10. The first kappa shape index (κ1) is 15.8. The van der Waals surface area contributed by atoms with Crippen molar-refractivity contribution in [2.75, 3.05) is 5.32 Å². The molecule has 0 saturated carbocycles. The average molecular weight is 380 g/mol. The maximum atomic E-state index is 13.7. The monoisotopic (exact) mass is 378 g/mol. The molecule has 0 spiro atoms. The molecule has 2 rings (SSSR count). The van der Waals surface area contributed by atoms with Crippen LogP contribution in [0.3, 0.4) is 0 Å². The Morgan fingerprint density at radius 1 is 1.19 bits per heavy atom. The molecule has 0 aliphatic rings. The van der Waals surface area contributed by atoms with Gasteiger partial charge >= 0.3 is 6.01 Å². The molecule has 0 saturated heterocycles. The van der Waals surface area contributed by atoms with Crippen LogP contribution in [0.1, 0.15) is 13.8 Å². The van der Waals surface area contributed by atoms with Crippen LogP contribution in [0.5, 0.6) is 6.01 Å². The van der Waals surface area contributed by atoms with Crippen LogP contribution in [-0.2, 0) is 0 Å². The molecule has 1 aromatic heterocycles. The van der Waals surface area contributed by atoms with E-state index < -0.39 is 11.6 Å². The van der Waals surface area contributed by atoms with Crippen molar-refractivity contribution in [3.05, 3.63) is 33.5 Å². The number of ether oxygens (including phenoxy) is 1. The third kappa shape index (κ3) is 4.21. The van der Waals surface area contributed by atoms with Crippen LogP contribution in [0.4, 0.5) is 20.4 Å². The second kappa shape index (κ2) is 6.48. The highest BCUT2D eigenvalue weighted by Gasteiger charge is 2.12. The van der Waals surface area contributed by atoms with Crippen molar-refractivity contribution < 1.29 is 13.5 Å². The second-order valence-electron chi connectivity index (χ2n) is 4.25. The fourth-order valence-electron chi connectivity index (χ4n) is 1.39. The average Bonchev–Trinajstić information content (AvgIpc) is 2.34. The third-order valence-electron chi connectivity index (χ3n) is 2.19. The van der Waals surface area contributed by atoms with Crippen molar-refractivity contribution in [2.45, 2.75) is 20.0 Å². The molecule has 21 heavy (non-hydrogen) atoms. The number of hydrogen-bond acceptors (Lipinski definition) is 5. The van der Waals surface area contributed by atoms with Gasteiger partial charge < -0.3 is 10.1 Å². The first-order valence-corrected chi connectivity index (χ1v) is 7.02. The Morgan fingerprint density at radius 2 is 1.90 bits per heavy atom. The van der Waals surface area contributed by atoms with Gasteiger partial charge in [-0.3, -0.25) is 0 Å². The van der Waals surface area contributed by atoms with Crippen LogP contribution in [0, 0.1) is 11.6 Å². The van der Waals surface area contributed by atoms with E-state index in [1.54, 1.807) is 13.8 Å². The number of nitrogens with one attached hydrogen (secondary N) is 1. The van der Waals surface area contributed by atoms with E-state index in [1.807, 2.05) is 0 Å². The molecule has 1 heterocycles. The molecule has 0 unspecified atom stereocenters. The number of nitrogens with zero attached hydrogens (tertiary/aromatic N) is 3. The van der Waals surface area contributed by atoms with Crippen LogP contribution in [-0.4, -0.2) is 21.1 Å². The quantitative estimate of drug-likeness (QED) is 0.811. The molecule has 2 aromatic rings. The van der Waals surface area contributed by atoms with Crippen LogP contribution >= 0.6 is 27.5 Å². The molecule has 5 nitrogen and oxygen atoms in total. The lowest BCUT2D eigenvalue weighted by Gasteiger charge is -2.10. The molecule has 0 radical (unpaired) electrons. The number of rotatable bonds is 4. The second-order valence-corrected chi connectivity index (χ2v) is 5.44. The number of aromatic nitrogens is 3. The molecular formula is C12H10BrClF2N4O. The molecule has 1 aromatic carbocycles. The van der Waals surface area contributed by atoms with Gasteiger partial charge in [0.1, 0.15) is 11.6 Å². The first-order valence-electron chi connectivity index (χ1n) is 5.85. The SMILES string of the molecule is CC(C)Oc1nc(Cl)nc(Nc2cc(F)c(Br)cc2F)n1. The van der Waals surface area contributed by atoms with E-state index in [2.05, 4.69) is 36.2 Å². The van der Waals surface area contributed by atoms with E-state index in [0.717, 1.165) is 12.1 Å². The fourth-order valence-corrected chi connectivity index (χ4v) is 1.86. The highest BCUT2D eigenvalue weighted by atomic mass is 79.9. The van der Waals surface area contributed by atoms with E-state index in [-0.39, 0.29) is 33.5 Å². The van der Waals surface area contributed by atoms with Crippen molar-refractivity contribution in [3.63, 3.8) is 0 Å². The minimum atomic E-state index is -0.675. The number of halogens is 4. The third-order valence-corrected chi connectivity index (χ3v) is 2.96. The van der Waals surface area contributed by atoms with Crippen molar-refractivity contribution >= 4 is 39.2 Å². The molecule has 0 amide bonds. The maximum absolute atomic E-state index is 13.7. The van der Waals surface area contributed by atoms with Crippen molar-refractivity contribution in [3.8, 4) is 6.01 Å². The minimum Gasteiger partial charge on any atom is -0.461 e. The number of benzene rings is 1. The van der Waals surface area contributed by atoms with E-state index >= 15 is 0 Å². The van der Waals surface area contributed by atoms with Gasteiger partial charge in [-0.2, -0.15) is 15.0 Å². The summed E-state index contributed by atoms with van der Waals surface area (Å²) in [5, 5.41) is 2.41. The summed E-state index contributed by atoms with van der Waals surface area (Å²) in [6, 6.07) is 1.96. The van der Waals surface area contributed by atoms with E-state index in [4.69, 9.17) is 16.3 Å². The zero-order valence-electron chi connectivity index (χ0n) is 11.0. The lowest BCUT2D eigenvalue weighted by molar-refractivity contribution is 0.222. The Balaban J connectivity index is 2.31. The Bertz CT molecular complexity index is 672. The molecule has 0 aliphatic heterocycles. The van der Waals surface area contributed by atoms with Gasteiger partial charge in [-0.15, -0.1) is 0 Å². The van der Waals surface area contributed by atoms with E-state index in [1.165, 1.54) is 0 Å². The van der Waals surface area contributed by atoms with Gasteiger partial charge in [-0.1, -0.05) is 0 Å². The summed E-state index contributed by atoms with van der Waals surface area (Å²) in [6.45, 7) is 3.57. The molecular weight excluding hydrogens is 370 g/mol. The largest absolute Gasteiger partial charge is 0.461 e. The van der Waals surface area contributed by atoms with Crippen molar-refractivity contribution in [1.82, 2.24) is 15.0 Å². The number of hydrogen-bond donors (Lipinski definition) is 1. The highest BCUT2D eigenvalue weighted by Crippen LogP contribution is 2.25. The van der Waals surface area contributed by atoms with Crippen LogP contribution in [0.15, 0.2) is 16.6 Å². The molecule has 0 aliphatic carbocycles. The molecule has 0 atom stereocenters. The van der Waals surface area contributed by atoms with Gasteiger partial charge in [0.25, 0.3) is 0 Å². The summed E-state index contributed by atoms with van der Waals surface area (Å²) in [5.74, 6) is -1.35. The zero-order chi connectivity index (χ0) is 15.6. The van der Waals surface area contributed by atoms with Gasteiger partial charge in [-0.25, -0.2) is 8.78 Å². The van der Waals surface area contributed by atoms with Gasteiger partial charge in [-0.05, 0) is 47.4 Å². The Labute approximate surface area is 132 Å². The minimum absolute atomic E-state index is 0.00880. The molecule has 1 N–H and O–H groups in total. The maximum Gasteiger partial charge on any atom is 0.322 e. The lowest BCUT2D eigenvalue weighted by Crippen LogP contribution is -2.10. The normalized spacial score (nSPS) is 10.8. The van der Waals surface area contributed by atoms with E-state index in [0.29, 0.717) is 0 Å². The molecule has 9 heteroatoms. The van der Waals surface area contributed by atoms with Gasteiger partial charge in [0.15, 0.2) is 0 Å².